The monoisotopic (exact) mass is 225 g/mol. The average Bonchev–Trinajstić information content (AvgIpc) is 2.07. The Morgan fingerprint density at radius 3 is 2.47 bits per heavy atom. The Labute approximate surface area is 88.0 Å². The van der Waals surface area contributed by atoms with E-state index in [2.05, 4.69) is 4.90 Å². The lowest BCUT2D eigenvalue weighted by Crippen LogP contribution is -2.54. The summed E-state index contributed by atoms with van der Waals surface area (Å²) in [4.78, 5) is 3.59. The van der Waals surface area contributed by atoms with E-state index >= 15 is 0 Å². The Morgan fingerprint density at radius 2 is 2.00 bits per heavy atom. The Kier molecular flexibility index (Phi) is 4.36. The van der Waals surface area contributed by atoms with E-state index in [1.54, 1.807) is 0 Å². The standard InChI is InChI=1S/C9H18F3N3/c1-8-6-14(7-9(10,11)12)4-5-15(8)3-2-13/h8H,2-7,13H2,1H3. The molecule has 0 amide bonds. The summed E-state index contributed by atoms with van der Waals surface area (Å²) in [6.45, 7) is 4.09. The molecule has 1 atom stereocenters. The summed E-state index contributed by atoms with van der Waals surface area (Å²) >= 11 is 0. The number of hydrogen-bond acceptors (Lipinski definition) is 3. The van der Waals surface area contributed by atoms with Gasteiger partial charge in [0.25, 0.3) is 0 Å². The molecule has 15 heavy (non-hydrogen) atoms. The van der Waals surface area contributed by atoms with Crippen LogP contribution in [-0.4, -0.2) is 61.3 Å². The van der Waals surface area contributed by atoms with E-state index < -0.39 is 12.7 Å². The third-order valence-electron chi connectivity index (χ3n) is 2.67. The van der Waals surface area contributed by atoms with E-state index in [-0.39, 0.29) is 6.04 Å². The van der Waals surface area contributed by atoms with Gasteiger partial charge in [-0.3, -0.25) is 9.80 Å². The summed E-state index contributed by atoms with van der Waals surface area (Å²) in [5.74, 6) is 0. The van der Waals surface area contributed by atoms with Crippen molar-refractivity contribution in [3.05, 3.63) is 0 Å². The molecule has 0 bridgehead atoms. The van der Waals surface area contributed by atoms with Crippen molar-refractivity contribution < 1.29 is 13.2 Å². The van der Waals surface area contributed by atoms with Crippen molar-refractivity contribution in [2.24, 2.45) is 5.73 Å². The maximum Gasteiger partial charge on any atom is 0.401 e. The van der Waals surface area contributed by atoms with Gasteiger partial charge in [0.2, 0.25) is 0 Å². The molecule has 0 aliphatic carbocycles. The summed E-state index contributed by atoms with van der Waals surface area (Å²) in [5, 5.41) is 0. The number of halogens is 3. The maximum absolute atomic E-state index is 12.1. The fraction of sp³-hybridized carbons (Fsp3) is 1.00. The van der Waals surface area contributed by atoms with Crippen molar-refractivity contribution in [2.45, 2.75) is 19.1 Å². The first kappa shape index (κ1) is 12.7. The minimum Gasteiger partial charge on any atom is -0.329 e. The lowest BCUT2D eigenvalue weighted by molar-refractivity contribution is -0.151. The van der Waals surface area contributed by atoms with E-state index in [4.69, 9.17) is 5.73 Å². The Hall–Kier alpha value is -0.330. The van der Waals surface area contributed by atoms with Crippen LogP contribution in [0.5, 0.6) is 0 Å². The van der Waals surface area contributed by atoms with Gasteiger partial charge >= 0.3 is 6.18 Å². The van der Waals surface area contributed by atoms with Crippen molar-refractivity contribution in [1.82, 2.24) is 9.80 Å². The van der Waals surface area contributed by atoms with Crippen LogP contribution in [0.4, 0.5) is 13.2 Å². The molecule has 0 spiro atoms. The fourth-order valence-corrected chi connectivity index (χ4v) is 1.97. The van der Waals surface area contributed by atoms with E-state index in [1.807, 2.05) is 6.92 Å². The molecule has 2 N–H and O–H groups in total. The third kappa shape index (κ3) is 4.36. The van der Waals surface area contributed by atoms with E-state index in [0.717, 1.165) is 6.54 Å². The number of alkyl halides is 3. The largest absolute Gasteiger partial charge is 0.401 e. The van der Waals surface area contributed by atoms with Crippen LogP contribution in [0.15, 0.2) is 0 Å². The topological polar surface area (TPSA) is 32.5 Å². The Bertz CT molecular complexity index is 196. The SMILES string of the molecule is CC1CN(CC(F)(F)F)CCN1CCN. The van der Waals surface area contributed by atoms with Crippen LogP contribution >= 0.6 is 0 Å². The highest BCUT2D eigenvalue weighted by atomic mass is 19.4. The second-order valence-corrected chi connectivity index (χ2v) is 4.02. The minimum absolute atomic E-state index is 0.157. The molecule has 0 aromatic rings. The molecule has 1 aliphatic heterocycles. The van der Waals surface area contributed by atoms with Gasteiger partial charge in [-0.2, -0.15) is 13.2 Å². The third-order valence-corrected chi connectivity index (χ3v) is 2.67. The molecule has 1 saturated heterocycles. The highest BCUT2D eigenvalue weighted by Gasteiger charge is 2.33. The van der Waals surface area contributed by atoms with Crippen LogP contribution in [0.3, 0.4) is 0 Å². The van der Waals surface area contributed by atoms with E-state index in [0.29, 0.717) is 26.2 Å². The normalized spacial score (nSPS) is 25.8. The van der Waals surface area contributed by atoms with Gasteiger partial charge in [-0.15, -0.1) is 0 Å². The minimum atomic E-state index is -4.09. The van der Waals surface area contributed by atoms with Gasteiger partial charge in [0.15, 0.2) is 0 Å². The first-order chi connectivity index (χ1) is 6.92. The molecule has 3 nitrogen and oxygen atoms in total. The van der Waals surface area contributed by atoms with Crippen LogP contribution < -0.4 is 5.73 Å². The molecule has 1 fully saturated rings. The zero-order valence-electron chi connectivity index (χ0n) is 8.93. The van der Waals surface area contributed by atoms with Crippen LogP contribution in [0.25, 0.3) is 0 Å². The molecular weight excluding hydrogens is 207 g/mol. The highest BCUT2D eigenvalue weighted by Crippen LogP contribution is 2.18. The van der Waals surface area contributed by atoms with Gasteiger partial charge in [0.05, 0.1) is 6.54 Å². The van der Waals surface area contributed by atoms with Crippen LogP contribution in [-0.2, 0) is 0 Å². The van der Waals surface area contributed by atoms with Gasteiger partial charge in [-0.05, 0) is 6.92 Å². The first-order valence-electron chi connectivity index (χ1n) is 5.15. The number of hydrogen-bond donors (Lipinski definition) is 1. The fourth-order valence-electron chi connectivity index (χ4n) is 1.97. The van der Waals surface area contributed by atoms with Gasteiger partial charge in [0.1, 0.15) is 0 Å². The summed E-state index contributed by atoms with van der Waals surface area (Å²) < 4.78 is 36.4. The molecule has 1 heterocycles. The molecule has 0 radical (unpaired) electrons. The average molecular weight is 225 g/mol. The number of nitrogens with two attached hydrogens (primary N) is 1. The van der Waals surface area contributed by atoms with Crippen LogP contribution in [0.2, 0.25) is 0 Å². The smallest absolute Gasteiger partial charge is 0.329 e. The number of piperazine rings is 1. The molecule has 90 valence electrons. The highest BCUT2D eigenvalue weighted by molar-refractivity contribution is 4.80. The van der Waals surface area contributed by atoms with Gasteiger partial charge in [0, 0.05) is 38.8 Å². The summed E-state index contributed by atoms with van der Waals surface area (Å²) in [6, 6.07) is 0.157. The quantitative estimate of drug-likeness (QED) is 0.759. The Balaban J connectivity index is 2.37. The summed E-state index contributed by atoms with van der Waals surface area (Å²) in [6.07, 6.45) is -4.09. The Morgan fingerprint density at radius 1 is 1.33 bits per heavy atom. The second-order valence-electron chi connectivity index (χ2n) is 4.02. The van der Waals surface area contributed by atoms with Crippen molar-refractivity contribution in [3.8, 4) is 0 Å². The molecule has 6 heteroatoms. The zero-order valence-corrected chi connectivity index (χ0v) is 8.93. The predicted octanol–water partition coefficient (Wildman–Crippen LogP) is 0.514. The number of nitrogens with zero attached hydrogens (tertiary/aromatic N) is 2. The lowest BCUT2D eigenvalue weighted by atomic mass is 10.2. The molecule has 1 rings (SSSR count). The molecular formula is C9H18F3N3. The zero-order chi connectivity index (χ0) is 11.5. The maximum atomic E-state index is 12.1. The van der Waals surface area contributed by atoms with Gasteiger partial charge in [-0.1, -0.05) is 0 Å². The molecule has 0 aromatic carbocycles. The molecule has 1 unspecified atom stereocenters. The summed E-state index contributed by atoms with van der Waals surface area (Å²) in [7, 11) is 0. The van der Waals surface area contributed by atoms with Crippen molar-refractivity contribution in [2.75, 3.05) is 39.3 Å². The van der Waals surface area contributed by atoms with Crippen LogP contribution in [0.1, 0.15) is 6.92 Å². The first-order valence-corrected chi connectivity index (χ1v) is 5.15. The van der Waals surface area contributed by atoms with Crippen LogP contribution in [0, 0.1) is 0 Å². The van der Waals surface area contributed by atoms with Crippen molar-refractivity contribution in [3.63, 3.8) is 0 Å². The van der Waals surface area contributed by atoms with E-state index in [1.165, 1.54) is 4.90 Å². The predicted molar refractivity (Wildman–Crippen MR) is 52.6 cm³/mol. The molecule has 1 aliphatic rings. The van der Waals surface area contributed by atoms with Gasteiger partial charge in [-0.25, -0.2) is 0 Å². The number of rotatable bonds is 3. The lowest BCUT2D eigenvalue weighted by Gasteiger charge is -2.39. The van der Waals surface area contributed by atoms with Crippen molar-refractivity contribution in [1.29, 1.82) is 0 Å². The summed E-state index contributed by atoms with van der Waals surface area (Å²) in [5.41, 5.74) is 5.42. The molecule has 0 aromatic heterocycles. The van der Waals surface area contributed by atoms with Crippen molar-refractivity contribution >= 4 is 0 Å². The molecule has 0 saturated carbocycles. The van der Waals surface area contributed by atoms with E-state index in [9.17, 15) is 13.2 Å². The second kappa shape index (κ2) is 5.14. The van der Waals surface area contributed by atoms with Gasteiger partial charge < -0.3 is 5.73 Å².